The van der Waals surface area contributed by atoms with Crippen LogP contribution in [0, 0.1) is 11.3 Å². The molecule has 1 saturated carbocycles. The lowest BCUT2D eigenvalue weighted by molar-refractivity contribution is -0.129. The molecular weight excluding hydrogens is 286 g/mol. The van der Waals surface area contributed by atoms with Gasteiger partial charge in [0.25, 0.3) is 0 Å². The molecular formula is C15H27N3O2S. The van der Waals surface area contributed by atoms with Gasteiger partial charge in [-0.2, -0.15) is 0 Å². The van der Waals surface area contributed by atoms with Crippen LogP contribution in [0.25, 0.3) is 0 Å². The van der Waals surface area contributed by atoms with Crippen LogP contribution in [0.2, 0.25) is 0 Å². The van der Waals surface area contributed by atoms with Crippen molar-refractivity contribution in [2.24, 2.45) is 17.1 Å². The van der Waals surface area contributed by atoms with Gasteiger partial charge in [-0.05, 0) is 18.8 Å². The van der Waals surface area contributed by atoms with Crippen molar-refractivity contribution in [3.8, 4) is 0 Å². The normalized spacial score (nSPS) is 17.3. The molecule has 1 aliphatic carbocycles. The highest BCUT2D eigenvalue weighted by atomic mass is 32.1. The highest BCUT2D eigenvalue weighted by Crippen LogP contribution is 2.36. The van der Waals surface area contributed by atoms with Crippen LogP contribution < -0.4 is 16.4 Å². The Balaban J connectivity index is 2.41. The van der Waals surface area contributed by atoms with Crippen molar-refractivity contribution in [1.29, 1.82) is 0 Å². The minimum Gasteiger partial charge on any atom is -0.392 e. The molecule has 0 spiro atoms. The number of thiocarbonyl (C=S) groups is 1. The quantitative estimate of drug-likeness (QED) is 0.622. The van der Waals surface area contributed by atoms with E-state index in [1.807, 2.05) is 13.8 Å². The molecule has 0 aromatic carbocycles. The van der Waals surface area contributed by atoms with Crippen LogP contribution >= 0.6 is 12.2 Å². The Hall–Kier alpha value is -1.17. The van der Waals surface area contributed by atoms with Crippen molar-refractivity contribution in [2.75, 3.05) is 13.1 Å². The van der Waals surface area contributed by atoms with E-state index in [0.717, 1.165) is 19.3 Å². The first kappa shape index (κ1) is 17.9. The number of hydrogen-bond acceptors (Lipinski definition) is 3. The fourth-order valence-electron chi connectivity index (χ4n) is 2.61. The van der Waals surface area contributed by atoms with Crippen LogP contribution in [0.5, 0.6) is 0 Å². The summed E-state index contributed by atoms with van der Waals surface area (Å²) in [4.78, 5) is 24.3. The van der Waals surface area contributed by atoms with E-state index in [1.165, 1.54) is 0 Å². The van der Waals surface area contributed by atoms with Gasteiger partial charge in [-0.15, -0.1) is 0 Å². The first-order valence-corrected chi connectivity index (χ1v) is 8.14. The van der Waals surface area contributed by atoms with Gasteiger partial charge in [0, 0.05) is 19.5 Å². The Morgan fingerprint density at radius 2 is 1.81 bits per heavy atom. The maximum absolute atomic E-state index is 12.4. The van der Waals surface area contributed by atoms with Gasteiger partial charge in [0.2, 0.25) is 11.8 Å². The molecule has 0 saturated heterocycles. The van der Waals surface area contributed by atoms with E-state index in [9.17, 15) is 9.59 Å². The number of rotatable bonds is 7. The first-order valence-electron chi connectivity index (χ1n) is 7.73. The standard InChI is InChI=1S/C15H27N3O2S/c1-11(2)10-18-12(19)6-9-17-14(20)15(13(16)21)7-4-3-5-8-15/h11H,3-10H2,1-2H3,(H2,16,21)(H,17,20)(H,18,19). The van der Waals surface area contributed by atoms with Gasteiger partial charge in [0.15, 0.2) is 0 Å². The summed E-state index contributed by atoms with van der Waals surface area (Å²) in [5.74, 6) is 0.257. The molecule has 21 heavy (non-hydrogen) atoms. The van der Waals surface area contributed by atoms with Gasteiger partial charge < -0.3 is 16.4 Å². The minimum atomic E-state index is -0.706. The first-order chi connectivity index (χ1) is 9.88. The summed E-state index contributed by atoms with van der Waals surface area (Å²) in [6.45, 7) is 5.06. The third-order valence-electron chi connectivity index (χ3n) is 3.96. The van der Waals surface area contributed by atoms with Crippen LogP contribution in [0.3, 0.4) is 0 Å². The van der Waals surface area contributed by atoms with E-state index in [0.29, 0.717) is 31.8 Å². The van der Waals surface area contributed by atoms with Crippen molar-refractivity contribution < 1.29 is 9.59 Å². The zero-order chi connectivity index (χ0) is 15.9. The fraction of sp³-hybridized carbons (Fsp3) is 0.800. The van der Waals surface area contributed by atoms with E-state index in [1.54, 1.807) is 0 Å². The van der Waals surface area contributed by atoms with E-state index < -0.39 is 5.41 Å². The predicted octanol–water partition coefficient (Wildman–Crippen LogP) is 1.50. The van der Waals surface area contributed by atoms with Crippen LogP contribution in [-0.2, 0) is 9.59 Å². The zero-order valence-electron chi connectivity index (χ0n) is 13.0. The molecule has 4 N–H and O–H groups in total. The second-order valence-corrected chi connectivity index (χ2v) is 6.65. The molecule has 0 unspecified atom stereocenters. The zero-order valence-corrected chi connectivity index (χ0v) is 13.9. The molecule has 0 aromatic rings. The average molecular weight is 313 g/mol. The molecule has 2 amide bonds. The van der Waals surface area contributed by atoms with Gasteiger partial charge in [-0.25, -0.2) is 0 Å². The lowest BCUT2D eigenvalue weighted by Gasteiger charge is -2.34. The number of carbonyl (C=O) groups excluding carboxylic acids is 2. The Morgan fingerprint density at radius 3 is 2.33 bits per heavy atom. The highest BCUT2D eigenvalue weighted by molar-refractivity contribution is 7.80. The monoisotopic (exact) mass is 313 g/mol. The molecule has 6 heteroatoms. The number of hydrogen-bond donors (Lipinski definition) is 3. The van der Waals surface area contributed by atoms with Crippen molar-refractivity contribution in [2.45, 2.75) is 52.4 Å². The van der Waals surface area contributed by atoms with E-state index in [-0.39, 0.29) is 23.2 Å². The van der Waals surface area contributed by atoms with Crippen LogP contribution in [0.15, 0.2) is 0 Å². The molecule has 0 heterocycles. The lowest BCUT2D eigenvalue weighted by Crippen LogP contribution is -2.50. The highest BCUT2D eigenvalue weighted by Gasteiger charge is 2.42. The molecule has 0 radical (unpaired) electrons. The Morgan fingerprint density at radius 1 is 1.19 bits per heavy atom. The van der Waals surface area contributed by atoms with Gasteiger partial charge in [-0.1, -0.05) is 45.3 Å². The van der Waals surface area contributed by atoms with E-state index >= 15 is 0 Å². The van der Waals surface area contributed by atoms with Crippen molar-refractivity contribution >= 4 is 29.0 Å². The molecule has 1 aliphatic rings. The average Bonchev–Trinajstić information content (AvgIpc) is 2.45. The van der Waals surface area contributed by atoms with Crippen LogP contribution in [0.4, 0.5) is 0 Å². The number of amides is 2. The smallest absolute Gasteiger partial charge is 0.233 e. The molecule has 5 nitrogen and oxygen atoms in total. The van der Waals surface area contributed by atoms with Crippen LogP contribution in [0.1, 0.15) is 52.4 Å². The predicted molar refractivity (Wildman–Crippen MR) is 87.8 cm³/mol. The Bertz CT molecular complexity index is 390. The summed E-state index contributed by atoms with van der Waals surface area (Å²) in [6, 6.07) is 0. The topological polar surface area (TPSA) is 84.2 Å². The molecule has 1 fully saturated rings. The largest absolute Gasteiger partial charge is 0.392 e. The lowest BCUT2D eigenvalue weighted by atomic mass is 9.73. The summed E-state index contributed by atoms with van der Waals surface area (Å²) in [7, 11) is 0. The summed E-state index contributed by atoms with van der Waals surface area (Å²) < 4.78 is 0. The summed E-state index contributed by atoms with van der Waals surface area (Å²) in [5.41, 5.74) is 5.10. The molecule has 0 aromatic heterocycles. The maximum Gasteiger partial charge on any atom is 0.233 e. The molecule has 0 atom stereocenters. The fourth-order valence-corrected chi connectivity index (χ4v) is 2.90. The van der Waals surface area contributed by atoms with Crippen LogP contribution in [-0.4, -0.2) is 29.9 Å². The summed E-state index contributed by atoms with van der Waals surface area (Å²) >= 11 is 5.11. The second-order valence-electron chi connectivity index (χ2n) is 6.21. The number of nitrogens with one attached hydrogen (secondary N) is 2. The van der Waals surface area contributed by atoms with E-state index in [4.69, 9.17) is 18.0 Å². The molecule has 0 bridgehead atoms. The Labute approximate surface area is 132 Å². The third kappa shape index (κ3) is 5.26. The number of nitrogens with two attached hydrogens (primary N) is 1. The van der Waals surface area contributed by atoms with Gasteiger partial charge in [0.1, 0.15) is 0 Å². The minimum absolute atomic E-state index is 0.0444. The summed E-state index contributed by atoms with van der Waals surface area (Å²) in [6.07, 6.45) is 4.78. The van der Waals surface area contributed by atoms with Crippen molar-refractivity contribution in [1.82, 2.24) is 10.6 Å². The second kappa shape index (κ2) is 8.32. The molecule has 1 rings (SSSR count). The van der Waals surface area contributed by atoms with Crippen molar-refractivity contribution in [3.63, 3.8) is 0 Å². The molecule has 0 aliphatic heterocycles. The third-order valence-corrected chi connectivity index (χ3v) is 4.35. The summed E-state index contributed by atoms with van der Waals surface area (Å²) in [5, 5.41) is 5.65. The number of carbonyl (C=O) groups is 2. The van der Waals surface area contributed by atoms with Gasteiger partial charge >= 0.3 is 0 Å². The SMILES string of the molecule is CC(C)CNC(=O)CCNC(=O)C1(C(N)=S)CCCCC1. The molecule has 120 valence electrons. The maximum atomic E-state index is 12.4. The van der Waals surface area contributed by atoms with Gasteiger partial charge in [0.05, 0.1) is 10.4 Å². The van der Waals surface area contributed by atoms with Gasteiger partial charge in [-0.3, -0.25) is 9.59 Å². The van der Waals surface area contributed by atoms with E-state index in [2.05, 4.69) is 10.6 Å². The Kier molecular flexibility index (Phi) is 7.08. The van der Waals surface area contributed by atoms with Crippen molar-refractivity contribution in [3.05, 3.63) is 0 Å².